The molecule has 68 valence electrons. The van der Waals surface area contributed by atoms with Gasteiger partial charge in [0.25, 0.3) is 0 Å². The maximum absolute atomic E-state index is 10.1. The smallest absolute Gasteiger partial charge is 0.0627 e. The average molecular weight is 166 g/mol. The van der Waals surface area contributed by atoms with Crippen molar-refractivity contribution in [3.63, 3.8) is 0 Å². The van der Waals surface area contributed by atoms with Crippen LogP contribution in [-0.4, -0.2) is 11.2 Å². The fraction of sp³-hybridized carbons (Fsp3) is 1.00. The number of hydrogen-bond acceptors (Lipinski definition) is 1. The second-order valence-corrected chi connectivity index (χ2v) is 5.16. The highest BCUT2D eigenvalue weighted by Gasteiger charge is 2.58. The number of fused-ring (bicyclic) bond motifs is 1. The molecule has 0 amide bonds. The van der Waals surface area contributed by atoms with Gasteiger partial charge in [0.15, 0.2) is 0 Å². The van der Waals surface area contributed by atoms with Gasteiger partial charge in [0.1, 0.15) is 0 Å². The standard InChI is InChI=1S/C11H18O/c12-10-8-4-6-11(10)5-2-1-3-9(11)7-8/h8-10,12H,1-7H2. The van der Waals surface area contributed by atoms with E-state index in [1.54, 1.807) is 0 Å². The summed E-state index contributed by atoms with van der Waals surface area (Å²) in [5, 5.41) is 10.1. The first-order chi connectivity index (χ1) is 5.83. The van der Waals surface area contributed by atoms with Gasteiger partial charge in [0.05, 0.1) is 6.10 Å². The molecule has 3 rings (SSSR count). The molecule has 12 heavy (non-hydrogen) atoms. The Morgan fingerprint density at radius 2 is 2.00 bits per heavy atom. The Balaban J connectivity index is 1.95. The van der Waals surface area contributed by atoms with E-state index in [-0.39, 0.29) is 6.10 Å². The Kier molecular flexibility index (Phi) is 1.39. The topological polar surface area (TPSA) is 20.2 Å². The Morgan fingerprint density at radius 1 is 1.08 bits per heavy atom. The molecule has 0 aromatic rings. The van der Waals surface area contributed by atoms with Gasteiger partial charge in [-0.05, 0) is 49.4 Å². The molecule has 1 spiro atoms. The van der Waals surface area contributed by atoms with Gasteiger partial charge in [0.2, 0.25) is 0 Å². The normalized spacial score (nSPS) is 57.2. The summed E-state index contributed by atoms with van der Waals surface area (Å²) in [6, 6.07) is 0. The van der Waals surface area contributed by atoms with Gasteiger partial charge in [-0.2, -0.15) is 0 Å². The van der Waals surface area contributed by atoms with Crippen LogP contribution in [0.5, 0.6) is 0 Å². The summed E-state index contributed by atoms with van der Waals surface area (Å²) in [6.45, 7) is 0. The van der Waals surface area contributed by atoms with Crippen LogP contribution in [0.2, 0.25) is 0 Å². The lowest BCUT2D eigenvalue weighted by Crippen LogP contribution is -2.35. The molecule has 0 heterocycles. The van der Waals surface area contributed by atoms with Crippen LogP contribution in [0, 0.1) is 17.3 Å². The highest BCUT2D eigenvalue weighted by atomic mass is 16.3. The van der Waals surface area contributed by atoms with Crippen molar-refractivity contribution in [3.05, 3.63) is 0 Å². The Bertz CT molecular complexity index is 201. The highest BCUT2D eigenvalue weighted by molar-refractivity contribution is 5.08. The summed E-state index contributed by atoms with van der Waals surface area (Å²) < 4.78 is 0. The van der Waals surface area contributed by atoms with Crippen molar-refractivity contribution in [3.8, 4) is 0 Å². The fourth-order valence-electron chi connectivity index (χ4n) is 4.25. The van der Waals surface area contributed by atoms with Gasteiger partial charge >= 0.3 is 0 Å². The molecule has 3 saturated carbocycles. The van der Waals surface area contributed by atoms with Crippen LogP contribution in [-0.2, 0) is 0 Å². The van der Waals surface area contributed by atoms with Crippen LogP contribution in [0.15, 0.2) is 0 Å². The van der Waals surface area contributed by atoms with Crippen LogP contribution in [0.1, 0.15) is 44.9 Å². The molecule has 4 atom stereocenters. The fourth-order valence-corrected chi connectivity index (χ4v) is 4.25. The van der Waals surface area contributed by atoms with Crippen LogP contribution < -0.4 is 0 Å². The molecule has 0 aromatic carbocycles. The largest absolute Gasteiger partial charge is 0.392 e. The van der Waals surface area contributed by atoms with E-state index in [4.69, 9.17) is 0 Å². The molecule has 4 unspecified atom stereocenters. The minimum absolute atomic E-state index is 0.0859. The summed E-state index contributed by atoms with van der Waals surface area (Å²) in [4.78, 5) is 0. The van der Waals surface area contributed by atoms with Crippen LogP contribution in [0.3, 0.4) is 0 Å². The lowest BCUT2D eigenvalue weighted by Gasteiger charge is -2.40. The molecule has 1 heteroatoms. The van der Waals surface area contributed by atoms with Gasteiger partial charge in [0, 0.05) is 0 Å². The summed E-state index contributed by atoms with van der Waals surface area (Å²) in [7, 11) is 0. The third kappa shape index (κ3) is 0.693. The molecule has 0 aliphatic heterocycles. The molecular weight excluding hydrogens is 148 g/mol. The maximum atomic E-state index is 10.1. The zero-order chi connectivity index (χ0) is 8.18. The van der Waals surface area contributed by atoms with Gasteiger partial charge < -0.3 is 5.11 Å². The number of rotatable bonds is 0. The predicted octanol–water partition coefficient (Wildman–Crippen LogP) is 2.34. The van der Waals surface area contributed by atoms with Gasteiger partial charge in [-0.3, -0.25) is 0 Å². The van der Waals surface area contributed by atoms with Crippen LogP contribution in [0.25, 0.3) is 0 Å². The molecule has 3 aliphatic carbocycles. The molecule has 0 aromatic heterocycles. The van der Waals surface area contributed by atoms with Gasteiger partial charge in [-0.15, -0.1) is 0 Å². The van der Waals surface area contributed by atoms with E-state index in [1.165, 1.54) is 44.9 Å². The minimum Gasteiger partial charge on any atom is -0.392 e. The van der Waals surface area contributed by atoms with Gasteiger partial charge in [-0.1, -0.05) is 12.8 Å². The zero-order valence-electron chi connectivity index (χ0n) is 7.63. The maximum Gasteiger partial charge on any atom is 0.0627 e. The van der Waals surface area contributed by atoms with E-state index in [1.807, 2.05) is 0 Å². The van der Waals surface area contributed by atoms with Crippen molar-refractivity contribution in [1.82, 2.24) is 0 Å². The zero-order valence-corrected chi connectivity index (χ0v) is 7.63. The van der Waals surface area contributed by atoms with E-state index < -0.39 is 0 Å². The highest BCUT2D eigenvalue weighted by Crippen LogP contribution is 2.63. The molecule has 1 N–H and O–H groups in total. The molecule has 0 radical (unpaired) electrons. The van der Waals surface area contributed by atoms with E-state index >= 15 is 0 Å². The molecule has 3 aliphatic rings. The Morgan fingerprint density at radius 3 is 2.75 bits per heavy atom. The molecule has 2 bridgehead atoms. The molecular formula is C11H18O. The van der Waals surface area contributed by atoms with Crippen molar-refractivity contribution in [1.29, 1.82) is 0 Å². The first-order valence-electron chi connectivity index (χ1n) is 5.51. The first kappa shape index (κ1) is 7.37. The van der Waals surface area contributed by atoms with E-state index in [0.29, 0.717) is 11.3 Å². The summed E-state index contributed by atoms with van der Waals surface area (Å²) in [5.74, 6) is 1.59. The van der Waals surface area contributed by atoms with Gasteiger partial charge in [-0.25, -0.2) is 0 Å². The minimum atomic E-state index is 0.0859. The summed E-state index contributed by atoms with van der Waals surface area (Å²) in [6.07, 6.45) is 9.62. The van der Waals surface area contributed by atoms with E-state index in [0.717, 1.165) is 5.92 Å². The molecule has 1 nitrogen and oxygen atoms in total. The van der Waals surface area contributed by atoms with E-state index in [9.17, 15) is 5.11 Å². The predicted molar refractivity (Wildman–Crippen MR) is 47.7 cm³/mol. The van der Waals surface area contributed by atoms with Crippen molar-refractivity contribution < 1.29 is 5.11 Å². The second kappa shape index (κ2) is 2.25. The average Bonchev–Trinajstić information content (AvgIpc) is 2.56. The number of aliphatic hydroxyl groups excluding tert-OH is 1. The third-order valence-electron chi connectivity index (χ3n) is 4.86. The lowest BCUT2D eigenvalue weighted by molar-refractivity contribution is 0.0109. The van der Waals surface area contributed by atoms with Crippen LogP contribution >= 0.6 is 0 Å². The second-order valence-electron chi connectivity index (χ2n) is 5.16. The number of hydrogen-bond donors (Lipinski definition) is 1. The van der Waals surface area contributed by atoms with E-state index in [2.05, 4.69) is 0 Å². The van der Waals surface area contributed by atoms with Crippen molar-refractivity contribution >= 4 is 0 Å². The monoisotopic (exact) mass is 166 g/mol. The van der Waals surface area contributed by atoms with Crippen molar-refractivity contribution in [2.75, 3.05) is 0 Å². The Labute approximate surface area is 74.2 Å². The quantitative estimate of drug-likeness (QED) is 0.585. The SMILES string of the molecule is OC1C2CCC13CCCCC3C2. The summed E-state index contributed by atoms with van der Waals surface area (Å²) in [5.41, 5.74) is 0.420. The third-order valence-corrected chi connectivity index (χ3v) is 4.86. The first-order valence-corrected chi connectivity index (χ1v) is 5.51. The van der Waals surface area contributed by atoms with Crippen LogP contribution in [0.4, 0.5) is 0 Å². The lowest BCUT2D eigenvalue weighted by atomic mass is 9.66. The summed E-state index contributed by atoms with van der Waals surface area (Å²) >= 11 is 0. The van der Waals surface area contributed by atoms with Crippen molar-refractivity contribution in [2.24, 2.45) is 17.3 Å². The van der Waals surface area contributed by atoms with Crippen molar-refractivity contribution in [2.45, 2.75) is 51.0 Å². The molecule has 0 saturated heterocycles. The Hall–Kier alpha value is -0.0400. The molecule has 3 fully saturated rings. The number of aliphatic hydroxyl groups is 1.